The molecule has 5 nitrogen and oxygen atoms in total. The van der Waals surface area contributed by atoms with Gasteiger partial charge in [0.25, 0.3) is 0 Å². The van der Waals surface area contributed by atoms with Gasteiger partial charge in [-0.25, -0.2) is 13.1 Å². The average Bonchev–Trinajstić information content (AvgIpc) is 3.26. The first-order valence-corrected chi connectivity index (χ1v) is 8.92. The van der Waals surface area contributed by atoms with E-state index in [1.807, 2.05) is 25.1 Å². The second-order valence-electron chi connectivity index (χ2n) is 5.86. The van der Waals surface area contributed by atoms with Crippen molar-refractivity contribution in [2.45, 2.75) is 36.7 Å². The lowest BCUT2D eigenvalue weighted by Crippen LogP contribution is -2.27. The average molecular weight is 311 g/mol. The van der Waals surface area contributed by atoms with Crippen LogP contribution in [0, 0.1) is 0 Å². The minimum atomic E-state index is -3.40. The summed E-state index contributed by atoms with van der Waals surface area (Å²) in [5, 5.41) is 3.40. The predicted molar refractivity (Wildman–Crippen MR) is 84.7 cm³/mol. The van der Waals surface area contributed by atoms with Crippen molar-refractivity contribution in [1.82, 2.24) is 14.9 Å². The molecule has 1 saturated carbocycles. The van der Waals surface area contributed by atoms with E-state index in [-0.39, 0.29) is 0 Å². The number of benzene rings is 1. The molecule has 1 aromatic carbocycles. The van der Waals surface area contributed by atoms with Crippen molar-refractivity contribution in [3.8, 4) is 0 Å². The largest absolute Gasteiger partial charge is 0.310 e. The number of hydrogen-bond donors (Lipinski definition) is 2. The molecule has 2 N–H and O–H groups in total. The highest BCUT2D eigenvalue weighted by molar-refractivity contribution is 7.89. The highest BCUT2D eigenvalue weighted by Gasteiger charge is 2.20. The molecule has 0 aliphatic heterocycles. The lowest BCUT2D eigenvalue weighted by atomic mass is 10.2. The third-order valence-corrected chi connectivity index (χ3v) is 4.91. The molecule has 0 radical (unpaired) electrons. The summed E-state index contributed by atoms with van der Waals surface area (Å²) in [6.07, 6.45) is 3.26. The summed E-state index contributed by atoms with van der Waals surface area (Å²) < 4.78 is 27.1. The van der Waals surface area contributed by atoms with Crippen molar-refractivity contribution in [3.63, 3.8) is 0 Å². The standard InChI is InChI=1S/C15H25N3O2S/c1-18(2)10-4-9-17-21(19,20)15-6-3-5-13(11-15)12-16-14-7-8-14/h3,5-6,11,14,16-17H,4,7-10,12H2,1-2H3. The molecule has 0 atom stereocenters. The van der Waals surface area contributed by atoms with Gasteiger partial charge in [-0.2, -0.15) is 0 Å². The van der Waals surface area contributed by atoms with Crippen LogP contribution in [0.5, 0.6) is 0 Å². The number of nitrogens with zero attached hydrogens (tertiary/aromatic N) is 1. The zero-order valence-electron chi connectivity index (χ0n) is 12.8. The van der Waals surface area contributed by atoms with Gasteiger partial charge in [-0.1, -0.05) is 12.1 Å². The van der Waals surface area contributed by atoms with Crippen LogP contribution < -0.4 is 10.0 Å². The molecule has 0 aromatic heterocycles. The topological polar surface area (TPSA) is 61.4 Å². The van der Waals surface area contributed by atoms with Gasteiger partial charge in [-0.15, -0.1) is 0 Å². The van der Waals surface area contributed by atoms with Crippen molar-refractivity contribution in [3.05, 3.63) is 29.8 Å². The molecule has 1 aliphatic carbocycles. The van der Waals surface area contributed by atoms with E-state index < -0.39 is 10.0 Å². The van der Waals surface area contributed by atoms with Crippen molar-refractivity contribution in [2.75, 3.05) is 27.2 Å². The fourth-order valence-corrected chi connectivity index (χ4v) is 3.20. The van der Waals surface area contributed by atoms with Gasteiger partial charge in [0, 0.05) is 19.1 Å². The highest BCUT2D eigenvalue weighted by atomic mass is 32.2. The quantitative estimate of drug-likeness (QED) is 0.672. The molecule has 0 saturated heterocycles. The number of hydrogen-bond acceptors (Lipinski definition) is 4. The molecular formula is C15H25N3O2S. The summed E-state index contributed by atoms with van der Waals surface area (Å²) in [6.45, 7) is 2.06. The maximum atomic E-state index is 12.2. The molecule has 6 heteroatoms. The second-order valence-corrected chi connectivity index (χ2v) is 7.62. The fourth-order valence-electron chi connectivity index (χ4n) is 2.06. The van der Waals surface area contributed by atoms with E-state index >= 15 is 0 Å². The minimum Gasteiger partial charge on any atom is -0.310 e. The number of nitrogens with one attached hydrogen (secondary N) is 2. The SMILES string of the molecule is CN(C)CCCNS(=O)(=O)c1cccc(CNC2CC2)c1. The van der Waals surface area contributed by atoms with Gasteiger partial charge in [-0.3, -0.25) is 0 Å². The first kappa shape index (κ1) is 16.4. The molecule has 21 heavy (non-hydrogen) atoms. The van der Waals surface area contributed by atoms with Gasteiger partial charge in [-0.05, 0) is 57.6 Å². The zero-order valence-corrected chi connectivity index (χ0v) is 13.6. The predicted octanol–water partition coefficient (Wildman–Crippen LogP) is 1.17. The summed E-state index contributed by atoms with van der Waals surface area (Å²) in [6, 6.07) is 7.78. The van der Waals surface area contributed by atoms with Crippen molar-refractivity contribution < 1.29 is 8.42 Å². The molecule has 0 unspecified atom stereocenters. The Morgan fingerprint density at radius 3 is 2.71 bits per heavy atom. The molecule has 118 valence electrons. The fraction of sp³-hybridized carbons (Fsp3) is 0.600. The van der Waals surface area contributed by atoms with E-state index in [9.17, 15) is 8.42 Å². The third-order valence-electron chi connectivity index (χ3n) is 3.46. The Morgan fingerprint density at radius 2 is 2.05 bits per heavy atom. The normalized spacial score (nSPS) is 15.6. The first-order valence-electron chi connectivity index (χ1n) is 7.44. The van der Waals surface area contributed by atoms with E-state index in [0.29, 0.717) is 17.5 Å². The minimum absolute atomic E-state index is 0.349. The third kappa shape index (κ3) is 5.74. The van der Waals surface area contributed by atoms with E-state index in [4.69, 9.17) is 0 Å². The molecule has 0 bridgehead atoms. The van der Waals surface area contributed by atoms with Crippen molar-refractivity contribution in [1.29, 1.82) is 0 Å². The van der Waals surface area contributed by atoms with Gasteiger partial charge in [0.05, 0.1) is 4.90 Å². The Hall–Kier alpha value is -0.950. The van der Waals surface area contributed by atoms with Crippen LogP contribution in [0.4, 0.5) is 0 Å². The Labute approximate surface area is 127 Å². The van der Waals surface area contributed by atoms with Crippen LogP contribution in [0.2, 0.25) is 0 Å². The molecular weight excluding hydrogens is 286 g/mol. The maximum absolute atomic E-state index is 12.2. The number of sulfonamides is 1. The van der Waals surface area contributed by atoms with E-state index in [1.165, 1.54) is 12.8 Å². The first-order chi connectivity index (χ1) is 9.97. The molecule has 0 spiro atoms. The lowest BCUT2D eigenvalue weighted by molar-refractivity contribution is 0.400. The van der Waals surface area contributed by atoms with Crippen LogP contribution in [-0.4, -0.2) is 46.5 Å². The number of rotatable bonds is 9. The highest BCUT2D eigenvalue weighted by Crippen LogP contribution is 2.19. The van der Waals surface area contributed by atoms with Crippen LogP contribution in [0.1, 0.15) is 24.8 Å². The summed E-state index contributed by atoms with van der Waals surface area (Å²) in [4.78, 5) is 2.39. The van der Waals surface area contributed by atoms with Crippen LogP contribution in [0.25, 0.3) is 0 Å². The molecule has 0 heterocycles. The molecule has 2 rings (SSSR count). The molecule has 1 aliphatic rings. The van der Waals surface area contributed by atoms with Crippen LogP contribution in [0.3, 0.4) is 0 Å². The molecule has 1 fully saturated rings. The van der Waals surface area contributed by atoms with Gasteiger partial charge < -0.3 is 10.2 Å². The van der Waals surface area contributed by atoms with E-state index in [1.54, 1.807) is 18.2 Å². The Kier molecular flexibility index (Phi) is 5.75. The summed E-state index contributed by atoms with van der Waals surface area (Å²) in [5.41, 5.74) is 1.01. The summed E-state index contributed by atoms with van der Waals surface area (Å²) in [7, 11) is 0.554. The van der Waals surface area contributed by atoms with Gasteiger partial charge in [0.1, 0.15) is 0 Å². The van der Waals surface area contributed by atoms with Crippen molar-refractivity contribution >= 4 is 10.0 Å². The van der Waals surface area contributed by atoms with Crippen LogP contribution in [0.15, 0.2) is 29.2 Å². The van der Waals surface area contributed by atoms with Crippen LogP contribution in [-0.2, 0) is 16.6 Å². The smallest absolute Gasteiger partial charge is 0.240 e. The van der Waals surface area contributed by atoms with E-state index in [2.05, 4.69) is 10.0 Å². The second kappa shape index (κ2) is 7.35. The van der Waals surface area contributed by atoms with Gasteiger partial charge >= 0.3 is 0 Å². The molecule has 0 amide bonds. The Balaban J connectivity index is 1.90. The van der Waals surface area contributed by atoms with E-state index in [0.717, 1.165) is 25.1 Å². The summed E-state index contributed by atoms with van der Waals surface area (Å²) >= 11 is 0. The molecule has 1 aromatic rings. The van der Waals surface area contributed by atoms with Crippen molar-refractivity contribution in [2.24, 2.45) is 0 Å². The Bertz CT molecular complexity index is 554. The zero-order chi connectivity index (χ0) is 15.3. The van der Waals surface area contributed by atoms with Gasteiger partial charge in [0.2, 0.25) is 10.0 Å². The lowest BCUT2D eigenvalue weighted by Gasteiger charge is -2.11. The monoisotopic (exact) mass is 311 g/mol. The Morgan fingerprint density at radius 1 is 1.29 bits per heavy atom. The van der Waals surface area contributed by atoms with Crippen LogP contribution >= 0.6 is 0 Å². The summed E-state index contributed by atoms with van der Waals surface area (Å²) in [5.74, 6) is 0. The van der Waals surface area contributed by atoms with Gasteiger partial charge in [0.15, 0.2) is 0 Å². The maximum Gasteiger partial charge on any atom is 0.240 e.